The first-order valence-electron chi connectivity index (χ1n) is 8.09. The van der Waals surface area contributed by atoms with Gasteiger partial charge in [0.1, 0.15) is 11.9 Å². The van der Waals surface area contributed by atoms with Crippen LogP contribution in [-0.4, -0.2) is 26.1 Å². The Morgan fingerprint density at radius 1 is 1.32 bits per heavy atom. The van der Waals surface area contributed by atoms with E-state index in [9.17, 15) is 0 Å². The van der Waals surface area contributed by atoms with Crippen LogP contribution in [0.1, 0.15) is 43.0 Å². The maximum atomic E-state index is 4.91. The zero-order valence-corrected chi connectivity index (χ0v) is 12.8. The maximum Gasteiger partial charge on any atom is 0.133 e. The zero-order chi connectivity index (χ0) is 14.9. The molecule has 114 valence electrons. The van der Waals surface area contributed by atoms with E-state index in [1.54, 1.807) is 6.33 Å². The molecule has 0 saturated carbocycles. The molecule has 0 spiro atoms. The number of hydrogen-bond acceptors (Lipinski definition) is 3. The molecule has 0 unspecified atom stereocenters. The van der Waals surface area contributed by atoms with Gasteiger partial charge < -0.3 is 14.9 Å². The Bertz CT molecular complexity index is 785. The lowest BCUT2D eigenvalue weighted by Crippen LogP contribution is -2.32. The number of benzene rings is 1. The van der Waals surface area contributed by atoms with Gasteiger partial charge in [-0.25, -0.2) is 9.97 Å². The Labute approximate surface area is 129 Å². The molecule has 5 nitrogen and oxygen atoms in total. The highest BCUT2D eigenvalue weighted by atomic mass is 15.1. The van der Waals surface area contributed by atoms with E-state index in [1.165, 1.54) is 17.6 Å². The molecule has 1 aliphatic heterocycles. The van der Waals surface area contributed by atoms with E-state index in [4.69, 9.17) is 4.98 Å². The molecule has 1 atom stereocenters. The van der Waals surface area contributed by atoms with E-state index in [-0.39, 0.29) is 6.04 Å². The van der Waals surface area contributed by atoms with E-state index in [0.29, 0.717) is 0 Å². The number of fused-ring (bicyclic) bond motifs is 2. The molecule has 2 N–H and O–H groups in total. The number of aromatic nitrogens is 4. The Morgan fingerprint density at radius 3 is 3.14 bits per heavy atom. The Morgan fingerprint density at radius 2 is 2.23 bits per heavy atom. The summed E-state index contributed by atoms with van der Waals surface area (Å²) < 4.78 is 2.36. The molecular formula is C17H21N5. The lowest BCUT2D eigenvalue weighted by atomic mass is 10.0. The minimum absolute atomic E-state index is 0.0826. The van der Waals surface area contributed by atoms with Crippen molar-refractivity contribution in [2.45, 2.75) is 38.8 Å². The molecule has 0 radical (unpaired) electrons. The topological polar surface area (TPSA) is 58.5 Å². The number of aryl methyl sites for hydroxylation is 1. The molecule has 3 aromatic rings. The molecule has 5 heteroatoms. The predicted octanol–water partition coefficient (Wildman–Crippen LogP) is 2.79. The fourth-order valence-electron chi connectivity index (χ4n) is 3.30. The summed E-state index contributed by atoms with van der Waals surface area (Å²) in [5.41, 5.74) is 4.62. The number of para-hydroxylation sites is 2. The van der Waals surface area contributed by atoms with Crippen molar-refractivity contribution in [3.63, 3.8) is 0 Å². The van der Waals surface area contributed by atoms with Gasteiger partial charge in [-0.3, -0.25) is 0 Å². The third-order valence-electron chi connectivity index (χ3n) is 4.43. The number of nitrogens with one attached hydrogen (secondary N) is 2. The number of aromatic amines is 1. The van der Waals surface area contributed by atoms with Gasteiger partial charge in [0.05, 0.1) is 23.1 Å². The Kier molecular flexibility index (Phi) is 3.42. The van der Waals surface area contributed by atoms with Gasteiger partial charge in [-0.05, 0) is 18.6 Å². The van der Waals surface area contributed by atoms with Crippen molar-refractivity contribution in [3.05, 3.63) is 47.8 Å². The van der Waals surface area contributed by atoms with Crippen LogP contribution in [0.3, 0.4) is 0 Å². The van der Waals surface area contributed by atoms with Crippen LogP contribution in [0, 0.1) is 0 Å². The molecule has 0 fully saturated rings. The minimum Gasteiger partial charge on any atom is -0.348 e. The second-order valence-corrected chi connectivity index (χ2v) is 5.87. The first kappa shape index (κ1) is 13.5. The van der Waals surface area contributed by atoms with Crippen LogP contribution in [0.15, 0.2) is 30.6 Å². The summed E-state index contributed by atoms with van der Waals surface area (Å²) in [4.78, 5) is 12.7. The van der Waals surface area contributed by atoms with Crippen molar-refractivity contribution in [2.24, 2.45) is 0 Å². The summed E-state index contributed by atoms with van der Waals surface area (Å²) in [5, 5.41) is 3.59. The largest absolute Gasteiger partial charge is 0.348 e. The van der Waals surface area contributed by atoms with Gasteiger partial charge in [0.25, 0.3) is 0 Å². The maximum absolute atomic E-state index is 4.91. The van der Waals surface area contributed by atoms with Crippen LogP contribution in [0.2, 0.25) is 0 Å². The highest BCUT2D eigenvalue weighted by molar-refractivity contribution is 5.76. The number of rotatable bonds is 4. The zero-order valence-electron chi connectivity index (χ0n) is 12.8. The molecular weight excluding hydrogens is 274 g/mol. The quantitative estimate of drug-likeness (QED) is 0.778. The normalized spacial score (nSPS) is 17.8. The van der Waals surface area contributed by atoms with E-state index in [1.807, 2.05) is 0 Å². The molecule has 1 aliphatic rings. The number of hydrogen-bond donors (Lipinski definition) is 2. The molecule has 22 heavy (non-hydrogen) atoms. The van der Waals surface area contributed by atoms with Gasteiger partial charge in [0.2, 0.25) is 0 Å². The van der Waals surface area contributed by atoms with Gasteiger partial charge in [0.15, 0.2) is 0 Å². The van der Waals surface area contributed by atoms with Crippen LogP contribution in [0.5, 0.6) is 0 Å². The fraction of sp³-hybridized carbons (Fsp3) is 0.412. The average molecular weight is 295 g/mol. The van der Waals surface area contributed by atoms with Crippen molar-refractivity contribution in [1.29, 1.82) is 0 Å². The van der Waals surface area contributed by atoms with Crippen LogP contribution in [0.4, 0.5) is 0 Å². The molecule has 0 saturated heterocycles. The summed E-state index contributed by atoms with van der Waals surface area (Å²) in [5.74, 6) is 1.09. The first-order chi connectivity index (χ1) is 10.9. The molecule has 4 rings (SSSR count). The molecule has 2 aromatic heterocycles. The summed E-state index contributed by atoms with van der Waals surface area (Å²) in [6.07, 6.45) is 5.13. The monoisotopic (exact) mass is 295 g/mol. The second-order valence-electron chi connectivity index (χ2n) is 5.87. The van der Waals surface area contributed by atoms with E-state index in [2.05, 4.69) is 51.0 Å². The van der Waals surface area contributed by atoms with Crippen molar-refractivity contribution < 1.29 is 0 Å². The number of imidazole rings is 2. The minimum atomic E-state index is 0.0826. The average Bonchev–Trinajstić information content (AvgIpc) is 3.17. The Hall–Kier alpha value is -2.14. The first-order valence-corrected chi connectivity index (χ1v) is 8.09. The molecule has 0 aliphatic carbocycles. The summed E-state index contributed by atoms with van der Waals surface area (Å²) >= 11 is 0. The second kappa shape index (κ2) is 5.57. The predicted molar refractivity (Wildman–Crippen MR) is 86.8 cm³/mol. The van der Waals surface area contributed by atoms with Gasteiger partial charge in [-0.2, -0.15) is 0 Å². The van der Waals surface area contributed by atoms with Crippen molar-refractivity contribution in [3.8, 4) is 0 Å². The third-order valence-corrected chi connectivity index (χ3v) is 4.43. The number of nitrogens with zero attached hydrogens (tertiary/aromatic N) is 3. The van der Waals surface area contributed by atoms with Gasteiger partial charge in [-0.15, -0.1) is 0 Å². The van der Waals surface area contributed by atoms with Crippen molar-refractivity contribution in [1.82, 2.24) is 24.8 Å². The van der Waals surface area contributed by atoms with Crippen molar-refractivity contribution >= 4 is 11.0 Å². The smallest absolute Gasteiger partial charge is 0.133 e. The highest BCUT2D eigenvalue weighted by Gasteiger charge is 2.28. The lowest BCUT2D eigenvalue weighted by molar-refractivity contribution is 0.499. The summed E-state index contributed by atoms with van der Waals surface area (Å²) in [6, 6.07) is 8.48. The lowest BCUT2D eigenvalue weighted by Gasteiger charge is -2.23. The Balaban J connectivity index is 1.85. The van der Waals surface area contributed by atoms with Gasteiger partial charge >= 0.3 is 0 Å². The van der Waals surface area contributed by atoms with Crippen molar-refractivity contribution in [2.75, 3.05) is 6.54 Å². The van der Waals surface area contributed by atoms with Crippen LogP contribution < -0.4 is 5.32 Å². The standard InChI is InChI=1S/C17H21N5/c1-2-3-10-22-14-7-5-4-6-12(14)21-17(22)16-15-13(8-9-18-16)19-11-20-15/h4-7,11,16,18H,2-3,8-10H2,1H3,(H,19,20)/t16-/m1/s1. The number of H-pyrrole nitrogens is 1. The summed E-state index contributed by atoms with van der Waals surface area (Å²) in [6.45, 7) is 4.19. The van der Waals surface area contributed by atoms with Gasteiger partial charge in [-0.1, -0.05) is 25.5 Å². The van der Waals surface area contributed by atoms with Crippen LogP contribution in [0.25, 0.3) is 11.0 Å². The van der Waals surface area contributed by atoms with Crippen LogP contribution >= 0.6 is 0 Å². The molecule has 0 bridgehead atoms. The third kappa shape index (κ3) is 2.13. The van der Waals surface area contributed by atoms with E-state index in [0.717, 1.165) is 43.0 Å². The van der Waals surface area contributed by atoms with Crippen LogP contribution in [-0.2, 0) is 13.0 Å². The fourth-order valence-corrected chi connectivity index (χ4v) is 3.30. The highest BCUT2D eigenvalue weighted by Crippen LogP contribution is 2.28. The molecule has 3 heterocycles. The molecule has 1 aromatic carbocycles. The molecule has 0 amide bonds. The summed E-state index contributed by atoms with van der Waals surface area (Å²) in [7, 11) is 0. The van der Waals surface area contributed by atoms with E-state index < -0.39 is 0 Å². The van der Waals surface area contributed by atoms with Gasteiger partial charge in [0, 0.05) is 25.2 Å². The number of unbranched alkanes of at least 4 members (excludes halogenated alkanes) is 1. The van der Waals surface area contributed by atoms with E-state index >= 15 is 0 Å². The SMILES string of the molecule is CCCCn1c([C@@H]2NCCc3[nH]cnc32)nc2ccccc21.